The van der Waals surface area contributed by atoms with Crippen LogP contribution in [0, 0.1) is 11.8 Å². The number of carbonyl (C=O) groups excluding carboxylic acids is 2. The van der Waals surface area contributed by atoms with Crippen LogP contribution in [0.25, 0.3) is 17.0 Å². The van der Waals surface area contributed by atoms with Gasteiger partial charge in [0.25, 0.3) is 0 Å². The number of aromatic nitrogens is 1. The minimum Gasteiger partial charge on any atom is -0.497 e. The van der Waals surface area contributed by atoms with Crippen LogP contribution in [-0.4, -0.2) is 106 Å². The summed E-state index contributed by atoms with van der Waals surface area (Å²) in [5.74, 6) is 1.44. The summed E-state index contributed by atoms with van der Waals surface area (Å²) in [6, 6.07) is 12.6. The van der Waals surface area contributed by atoms with Gasteiger partial charge in [0, 0.05) is 41.9 Å². The van der Waals surface area contributed by atoms with Crippen LogP contribution in [0.3, 0.4) is 0 Å². The number of rotatable bonds is 16. The molecule has 1 saturated heterocycles. The number of hydrogen-bond acceptors (Lipinski definition) is 9. The molecule has 4 N–H and O–H groups in total. The van der Waals surface area contributed by atoms with Crippen molar-refractivity contribution in [3.63, 3.8) is 0 Å². The van der Waals surface area contributed by atoms with Crippen LogP contribution in [0.2, 0.25) is 0 Å². The monoisotopic (exact) mass is 666 g/mol. The van der Waals surface area contributed by atoms with E-state index in [2.05, 4.69) is 27.7 Å². The predicted molar refractivity (Wildman–Crippen MR) is 183 cm³/mol. The molecule has 3 aromatic rings. The molecule has 5 atom stereocenters. The summed E-state index contributed by atoms with van der Waals surface area (Å²) in [5, 5.41) is 40.1. The van der Waals surface area contributed by atoms with Gasteiger partial charge < -0.3 is 44.1 Å². The van der Waals surface area contributed by atoms with Gasteiger partial charge in [0.05, 0.1) is 25.8 Å². The molecule has 0 bridgehead atoms. The van der Waals surface area contributed by atoms with Crippen LogP contribution < -0.4 is 4.74 Å². The van der Waals surface area contributed by atoms with Gasteiger partial charge in [-0.25, -0.2) is 0 Å². The second-order valence-corrected chi connectivity index (χ2v) is 13.2. The molecule has 1 amide bonds. The highest BCUT2D eigenvalue weighted by Gasteiger charge is 2.43. The predicted octanol–water partition coefficient (Wildman–Crippen LogP) is 3.63. The maximum Gasteiger partial charge on any atom is 0.242 e. The zero-order chi connectivity index (χ0) is 35.0. The molecule has 4 rings (SSSR count). The van der Waals surface area contributed by atoms with E-state index in [9.17, 15) is 30.0 Å². The fourth-order valence-electron chi connectivity index (χ4n) is 5.59. The molecular weight excluding hydrogens is 616 g/mol. The van der Waals surface area contributed by atoms with Gasteiger partial charge >= 0.3 is 0 Å². The first-order chi connectivity index (χ1) is 22.9. The van der Waals surface area contributed by atoms with Crippen molar-refractivity contribution in [2.45, 2.75) is 77.8 Å². The molecule has 0 aliphatic carbocycles. The largest absolute Gasteiger partial charge is 0.497 e. The first kappa shape index (κ1) is 37.2. The number of hydrogen-bond donors (Lipinski definition) is 4. The molecule has 262 valence electrons. The van der Waals surface area contributed by atoms with E-state index < -0.39 is 37.3 Å². The molecule has 0 radical (unpaired) electrons. The van der Waals surface area contributed by atoms with Crippen molar-refractivity contribution in [2.75, 3.05) is 33.4 Å². The lowest BCUT2D eigenvalue weighted by Gasteiger charge is -2.39. The Morgan fingerprint density at radius 2 is 1.62 bits per heavy atom. The molecule has 1 fully saturated rings. The van der Waals surface area contributed by atoms with Crippen molar-refractivity contribution in [3.05, 3.63) is 71.4 Å². The summed E-state index contributed by atoms with van der Waals surface area (Å²) in [6.45, 7) is 9.60. The van der Waals surface area contributed by atoms with E-state index >= 15 is 0 Å². The zero-order valence-electron chi connectivity index (χ0n) is 28.5. The van der Waals surface area contributed by atoms with Gasteiger partial charge in [0.15, 0.2) is 12.1 Å². The second-order valence-electron chi connectivity index (χ2n) is 13.2. The van der Waals surface area contributed by atoms with E-state index in [4.69, 9.17) is 14.2 Å². The normalized spacial score (nSPS) is 21.4. The van der Waals surface area contributed by atoms with Gasteiger partial charge in [0.2, 0.25) is 5.91 Å². The summed E-state index contributed by atoms with van der Waals surface area (Å²) >= 11 is 0. The van der Waals surface area contributed by atoms with E-state index in [1.54, 1.807) is 49.7 Å². The number of aliphatic hydroxyl groups is 4. The van der Waals surface area contributed by atoms with Gasteiger partial charge in [-0.3, -0.25) is 9.59 Å². The van der Waals surface area contributed by atoms with Gasteiger partial charge in [-0.15, -0.1) is 0 Å². The van der Waals surface area contributed by atoms with E-state index in [1.807, 2.05) is 27.7 Å². The molecule has 1 aromatic heterocycles. The Hall–Kier alpha value is -3.58. The van der Waals surface area contributed by atoms with Crippen LogP contribution in [0.15, 0.2) is 54.7 Å². The minimum absolute atomic E-state index is 0.0154. The molecule has 11 heteroatoms. The SMILES string of the molecule is COc1ccc2c(C(=O)c3ccc(C=CCOC4O[C@H](CO)[C@H](O)[C@H](O)[C@H]4O)cc3)cn(CC(=O)N(CCC(C)C)CCC(C)C)c2c1. The Bertz CT molecular complexity index is 1520. The average molecular weight is 667 g/mol. The lowest BCUT2D eigenvalue weighted by molar-refractivity contribution is -0.298. The molecule has 0 spiro atoms. The fourth-order valence-corrected chi connectivity index (χ4v) is 5.59. The van der Waals surface area contributed by atoms with Crippen LogP contribution in [0.4, 0.5) is 0 Å². The molecule has 2 heterocycles. The van der Waals surface area contributed by atoms with E-state index in [1.165, 1.54) is 0 Å². The Kier molecular flexibility index (Phi) is 13.3. The van der Waals surface area contributed by atoms with Crippen molar-refractivity contribution in [1.82, 2.24) is 9.47 Å². The van der Waals surface area contributed by atoms with Crippen molar-refractivity contribution >= 4 is 28.7 Å². The third-order valence-electron chi connectivity index (χ3n) is 8.63. The summed E-state index contributed by atoms with van der Waals surface area (Å²) < 4.78 is 18.2. The number of ketones is 1. The summed E-state index contributed by atoms with van der Waals surface area (Å²) in [4.78, 5) is 29.4. The van der Waals surface area contributed by atoms with Gasteiger partial charge in [-0.1, -0.05) is 64.1 Å². The average Bonchev–Trinajstić information content (AvgIpc) is 3.43. The first-order valence-corrected chi connectivity index (χ1v) is 16.6. The third-order valence-corrected chi connectivity index (χ3v) is 8.63. The molecule has 11 nitrogen and oxygen atoms in total. The van der Waals surface area contributed by atoms with Crippen LogP contribution in [-0.2, 0) is 20.8 Å². The maximum atomic E-state index is 13.8. The molecule has 48 heavy (non-hydrogen) atoms. The van der Waals surface area contributed by atoms with Crippen molar-refractivity contribution in [1.29, 1.82) is 0 Å². The summed E-state index contributed by atoms with van der Waals surface area (Å²) in [7, 11) is 1.59. The van der Waals surface area contributed by atoms with Crippen LogP contribution in [0.5, 0.6) is 5.75 Å². The van der Waals surface area contributed by atoms with Crippen LogP contribution in [0.1, 0.15) is 62.0 Å². The Morgan fingerprint density at radius 3 is 2.23 bits per heavy atom. The molecule has 1 aliphatic heterocycles. The number of aliphatic hydroxyl groups excluding tert-OH is 4. The molecule has 2 aromatic carbocycles. The third kappa shape index (κ3) is 9.31. The van der Waals surface area contributed by atoms with Crippen LogP contribution >= 0.6 is 0 Å². The molecule has 1 aliphatic rings. The van der Waals surface area contributed by atoms with Crippen molar-refractivity contribution in [2.24, 2.45) is 11.8 Å². The molecule has 0 saturated carbocycles. The number of methoxy groups -OCH3 is 1. The smallest absolute Gasteiger partial charge is 0.242 e. The van der Waals surface area contributed by atoms with Gasteiger partial charge in [0.1, 0.15) is 36.7 Å². The number of nitrogens with zero attached hydrogens (tertiary/aromatic N) is 2. The quantitative estimate of drug-likeness (QED) is 0.168. The Morgan fingerprint density at radius 1 is 0.958 bits per heavy atom. The second kappa shape index (κ2) is 17.2. The van der Waals surface area contributed by atoms with E-state index in [-0.39, 0.29) is 24.8 Å². The highest BCUT2D eigenvalue weighted by Crippen LogP contribution is 2.28. The standard InChI is InChI=1S/C37H50N2O9/c1-23(2)14-16-38(17-15-24(3)4)32(41)21-39-20-29(28-13-12-27(46-5)19-30(28)39)33(42)26-10-8-25(9-11-26)7-6-18-47-37-36(45)35(44)34(43)31(22-40)48-37/h6-13,19-20,23-24,31,34-37,40,43-45H,14-18,21-22H2,1-5H3/t31-,34+,35+,36-,37?/m1/s1. The number of carbonyl (C=O) groups is 2. The number of fused-ring (bicyclic) bond motifs is 1. The first-order valence-electron chi connectivity index (χ1n) is 16.6. The van der Waals surface area contributed by atoms with Gasteiger partial charge in [-0.2, -0.15) is 0 Å². The molecule has 1 unspecified atom stereocenters. The van der Waals surface area contributed by atoms with Gasteiger partial charge in [-0.05, 0) is 42.4 Å². The number of amides is 1. The minimum atomic E-state index is -1.51. The summed E-state index contributed by atoms with van der Waals surface area (Å²) in [6.07, 6.45) is 0.364. The zero-order valence-corrected chi connectivity index (χ0v) is 28.5. The Balaban J connectivity index is 1.47. The highest BCUT2D eigenvalue weighted by atomic mass is 16.7. The van der Waals surface area contributed by atoms with Crippen molar-refractivity contribution in [3.8, 4) is 5.75 Å². The molecular formula is C37H50N2O9. The van der Waals surface area contributed by atoms with Crippen molar-refractivity contribution < 1.29 is 44.2 Å². The topological polar surface area (TPSA) is 151 Å². The summed E-state index contributed by atoms with van der Waals surface area (Å²) in [5.41, 5.74) is 2.52. The lowest BCUT2D eigenvalue weighted by Crippen LogP contribution is -2.59. The number of ether oxygens (including phenoxy) is 3. The Labute approximate surface area is 282 Å². The lowest BCUT2D eigenvalue weighted by atomic mass is 9.99. The fraction of sp³-hybridized carbons (Fsp3) is 0.514. The maximum absolute atomic E-state index is 13.8. The van der Waals surface area contributed by atoms with E-state index in [0.29, 0.717) is 41.8 Å². The van der Waals surface area contributed by atoms with E-state index in [0.717, 1.165) is 29.3 Å². The number of benzene rings is 2. The highest BCUT2D eigenvalue weighted by molar-refractivity contribution is 6.16.